The molecule has 1 amide bonds. The number of hydrogen-bond donors (Lipinski definition) is 1. The van der Waals surface area contributed by atoms with Gasteiger partial charge in [0.25, 0.3) is 5.91 Å². The largest absolute Gasteiger partial charge is 0.388 e. The normalized spacial score (nSPS) is 12.3. The molecule has 3 aromatic rings. The van der Waals surface area contributed by atoms with Gasteiger partial charge in [0.2, 0.25) is 0 Å². The van der Waals surface area contributed by atoms with E-state index in [4.69, 9.17) is 0 Å². The van der Waals surface area contributed by atoms with Crippen LogP contribution in [0.4, 0.5) is 0 Å². The molecule has 6 nitrogen and oxygen atoms in total. The molecular formula is C17H18N4O2. The standard InChI is InChI=1S/C17H18N4O2/c1-20(11-8-15(22)13-6-3-2-4-7-13)17(23)14-12-16-18-9-5-10-21(16)19-14/h2-7,9-10,12,15,22H,8,11H2,1H3/t15-/m1/s1. The van der Waals surface area contributed by atoms with Gasteiger partial charge in [0.05, 0.1) is 6.10 Å². The lowest BCUT2D eigenvalue weighted by molar-refractivity contribution is 0.0755. The Labute approximate surface area is 134 Å². The number of benzene rings is 1. The van der Waals surface area contributed by atoms with Crippen molar-refractivity contribution in [2.45, 2.75) is 12.5 Å². The summed E-state index contributed by atoms with van der Waals surface area (Å²) in [5.74, 6) is -0.184. The molecule has 0 aliphatic heterocycles. The van der Waals surface area contributed by atoms with E-state index in [1.807, 2.05) is 30.3 Å². The number of aromatic nitrogens is 3. The highest BCUT2D eigenvalue weighted by Gasteiger charge is 2.17. The van der Waals surface area contributed by atoms with E-state index in [1.165, 1.54) is 0 Å². The summed E-state index contributed by atoms with van der Waals surface area (Å²) in [6, 6.07) is 12.8. The molecule has 1 N–H and O–H groups in total. The number of carbonyl (C=O) groups is 1. The molecule has 23 heavy (non-hydrogen) atoms. The average molecular weight is 310 g/mol. The van der Waals surface area contributed by atoms with E-state index < -0.39 is 6.10 Å². The molecule has 0 spiro atoms. The van der Waals surface area contributed by atoms with Crippen LogP contribution in [-0.4, -0.2) is 44.1 Å². The molecule has 0 saturated heterocycles. The topological polar surface area (TPSA) is 70.7 Å². The first kappa shape index (κ1) is 15.2. The third-order valence-electron chi connectivity index (χ3n) is 3.72. The average Bonchev–Trinajstić information content (AvgIpc) is 3.03. The molecule has 0 fully saturated rings. The molecular weight excluding hydrogens is 292 g/mol. The zero-order valence-corrected chi connectivity index (χ0v) is 12.8. The monoisotopic (exact) mass is 310 g/mol. The molecule has 0 bridgehead atoms. The van der Waals surface area contributed by atoms with Gasteiger partial charge in [-0.05, 0) is 18.1 Å². The zero-order valence-electron chi connectivity index (χ0n) is 12.8. The lowest BCUT2D eigenvalue weighted by Crippen LogP contribution is -2.29. The van der Waals surface area contributed by atoms with E-state index >= 15 is 0 Å². The van der Waals surface area contributed by atoms with Crippen LogP contribution in [0.3, 0.4) is 0 Å². The maximum atomic E-state index is 12.4. The molecule has 3 rings (SSSR count). The minimum atomic E-state index is -0.589. The number of carbonyl (C=O) groups excluding carboxylic acids is 1. The number of fused-ring (bicyclic) bond motifs is 1. The van der Waals surface area contributed by atoms with Crippen LogP contribution in [0, 0.1) is 0 Å². The summed E-state index contributed by atoms with van der Waals surface area (Å²) >= 11 is 0. The minimum absolute atomic E-state index is 0.184. The van der Waals surface area contributed by atoms with Crippen molar-refractivity contribution in [1.29, 1.82) is 0 Å². The smallest absolute Gasteiger partial charge is 0.274 e. The summed E-state index contributed by atoms with van der Waals surface area (Å²) in [6.07, 6.45) is 3.29. The van der Waals surface area contributed by atoms with E-state index in [-0.39, 0.29) is 5.91 Å². The number of hydrogen-bond acceptors (Lipinski definition) is 4. The summed E-state index contributed by atoms with van der Waals surface area (Å²) in [6.45, 7) is 0.441. The van der Waals surface area contributed by atoms with Crippen molar-refractivity contribution >= 4 is 11.6 Å². The fourth-order valence-electron chi connectivity index (χ4n) is 2.39. The number of rotatable bonds is 5. The molecule has 2 aromatic heterocycles. The van der Waals surface area contributed by atoms with Gasteiger partial charge in [-0.25, -0.2) is 9.50 Å². The van der Waals surface area contributed by atoms with Gasteiger partial charge in [-0.2, -0.15) is 5.10 Å². The van der Waals surface area contributed by atoms with Crippen LogP contribution in [0.2, 0.25) is 0 Å². The number of amides is 1. The quantitative estimate of drug-likeness (QED) is 0.781. The van der Waals surface area contributed by atoms with Gasteiger partial charge in [-0.1, -0.05) is 30.3 Å². The third kappa shape index (κ3) is 3.37. The molecule has 0 aliphatic rings. The molecule has 1 aromatic carbocycles. The second-order valence-corrected chi connectivity index (χ2v) is 5.39. The SMILES string of the molecule is CN(CC[C@@H](O)c1ccccc1)C(=O)c1cc2ncccn2n1. The Balaban J connectivity index is 1.63. The fraction of sp³-hybridized carbons (Fsp3) is 0.235. The van der Waals surface area contributed by atoms with Gasteiger partial charge in [-0.3, -0.25) is 4.79 Å². The second-order valence-electron chi connectivity index (χ2n) is 5.39. The molecule has 0 radical (unpaired) electrons. The Hall–Kier alpha value is -2.73. The van der Waals surface area contributed by atoms with Gasteiger partial charge in [-0.15, -0.1) is 0 Å². The zero-order chi connectivity index (χ0) is 16.2. The van der Waals surface area contributed by atoms with Crippen LogP contribution in [0.5, 0.6) is 0 Å². The highest BCUT2D eigenvalue weighted by Crippen LogP contribution is 2.16. The van der Waals surface area contributed by atoms with E-state index in [1.54, 1.807) is 41.0 Å². The van der Waals surface area contributed by atoms with Crippen molar-refractivity contribution in [3.05, 3.63) is 66.1 Å². The fourth-order valence-corrected chi connectivity index (χ4v) is 2.39. The van der Waals surface area contributed by atoms with Crippen molar-refractivity contribution in [2.75, 3.05) is 13.6 Å². The Bertz CT molecular complexity index is 767. The van der Waals surface area contributed by atoms with Crippen molar-refractivity contribution < 1.29 is 9.90 Å². The lowest BCUT2D eigenvalue weighted by atomic mass is 10.1. The molecule has 2 heterocycles. The second kappa shape index (κ2) is 6.58. The van der Waals surface area contributed by atoms with Crippen LogP contribution < -0.4 is 0 Å². The first-order valence-corrected chi connectivity index (χ1v) is 7.44. The Kier molecular flexibility index (Phi) is 4.34. The summed E-state index contributed by atoms with van der Waals surface area (Å²) in [5.41, 5.74) is 1.83. The first-order valence-electron chi connectivity index (χ1n) is 7.44. The maximum Gasteiger partial charge on any atom is 0.274 e. The van der Waals surface area contributed by atoms with Crippen molar-refractivity contribution in [1.82, 2.24) is 19.5 Å². The Morgan fingerprint density at radius 3 is 2.83 bits per heavy atom. The Morgan fingerprint density at radius 1 is 1.30 bits per heavy atom. The summed E-state index contributed by atoms with van der Waals surface area (Å²) in [5, 5.41) is 14.4. The number of aliphatic hydroxyl groups is 1. The summed E-state index contributed by atoms with van der Waals surface area (Å²) in [7, 11) is 1.71. The molecule has 0 aliphatic carbocycles. The summed E-state index contributed by atoms with van der Waals surface area (Å²) in [4.78, 5) is 18.1. The molecule has 0 saturated carbocycles. The van der Waals surface area contributed by atoms with E-state index in [2.05, 4.69) is 10.1 Å². The predicted molar refractivity (Wildman–Crippen MR) is 86.0 cm³/mol. The highest BCUT2D eigenvalue weighted by molar-refractivity contribution is 5.93. The van der Waals surface area contributed by atoms with Crippen molar-refractivity contribution in [3.8, 4) is 0 Å². The van der Waals surface area contributed by atoms with E-state index in [0.29, 0.717) is 24.3 Å². The maximum absolute atomic E-state index is 12.4. The van der Waals surface area contributed by atoms with Crippen LogP contribution in [0.1, 0.15) is 28.6 Å². The van der Waals surface area contributed by atoms with Crippen molar-refractivity contribution in [2.24, 2.45) is 0 Å². The Morgan fingerprint density at radius 2 is 2.09 bits per heavy atom. The van der Waals surface area contributed by atoms with Gasteiger partial charge < -0.3 is 10.0 Å². The van der Waals surface area contributed by atoms with Crippen LogP contribution in [0.25, 0.3) is 5.65 Å². The van der Waals surface area contributed by atoms with Gasteiger partial charge in [0, 0.05) is 32.1 Å². The number of aliphatic hydroxyl groups excluding tert-OH is 1. The van der Waals surface area contributed by atoms with E-state index in [0.717, 1.165) is 5.56 Å². The van der Waals surface area contributed by atoms with Crippen LogP contribution in [0.15, 0.2) is 54.9 Å². The van der Waals surface area contributed by atoms with Gasteiger partial charge in [0.1, 0.15) is 0 Å². The predicted octanol–water partition coefficient (Wildman–Crippen LogP) is 1.92. The van der Waals surface area contributed by atoms with Crippen LogP contribution in [-0.2, 0) is 0 Å². The highest BCUT2D eigenvalue weighted by atomic mass is 16.3. The first-order chi connectivity index (χ1) is 11.1. The lowest BCUT2D eigenvalue weighted by Gasteiger charge is -2.18. The third-order valence-corrected chi connectivity index (χ3v) is 3.72. The summed E-state index contributed by atoms with van der Waals surface area (Å²) < 4.78 is 1.57. The van der Waals surface area contributed by atoms with Gasteiger partial charge in [0.15, 0.2) is 11.3 Å². The minimum Gasteiger partial charge on any atom is -0.388 e. The van der Waals surface area contributed by atoms with Crippen LogP contribution >= 0.6 is 0 Å². The van der Waals surface area contributed by atoms with E-state index in [9.17, 15) is 9.90 Å². The molecule has 118 valence electrons. The number of nitrogens with zero attached hydrogens (tertiary/aromatic N) is 4. The molecule has 0 unspecified atom stereocenters. The molecule has 6 heteroatoms. The van der Waals surface area contributed by atoms with Gasteiger partial charge >= 0.3 is 0 Å². The molecule has 1 atom stereocenters. The van der Waals surface area contributed by atoms with Crippen molar-refractivity contribution in [3.63, 3.8) is 0 Å².